The van der Waals surface area contributed by atoms with E-state index in [1.54, 1.807) is 0 Å². The summed E-state index contributed by atoms with van der Waals surface area (Å²) in [6.45, 7) is 2.67. The summed E-state index contributed by atoms with van der Waals surface area (Å²) in [4.78, 5) is 26.7. The molecule has 0 aromatic carbocycles. The molecule has 1 aliphatic carbocycles. The maximum Gasteiger partial charge on any atom is 0.268 e. The molecule has 15 atom stereocenters. The number of unbranched alkanes of at least 4 members (excludes halogenated alkanes) is 31. The van der Waals surface area contributed by atoms with Crippen LogP contribution in [0.5, 0.6) is 0 Å². The molecule has 0 bridgehead atoms. The first-order valence-electron chi connectivity index (χ1n) is 29.1. The van der Waals surface area contributed by atoms with Crippen molar-refractivity contribution in [1.82, 2.24) is 5.32 Å². The van der Waals surface area contributed by atoms with E-state index in [-0.39, 0.29) is 12.8 Å². The van der Waals surface area contributed by atoms with Gasteiger partial charge in [0, 0.05) is 6.42 Å². The van der Waals surface area contributed by atoms with Crippen LogP contribution in [0.15, 0.2) is 0 Å². The first-order chi connectivity index (χ1) is 35.1. The van der Waals surface area contributed by atoms with E-state index < -0.39 is 113 Å². The van der Waals surface area contributed by atoms with Crippen LogP contribution in [0.4, 0.5) is 0 Å². The molecule has 1 amide bonds. The van der Waals surface area contributed by atoms with E-state index >= 15 is 0 Å². The smallest absolute Gasteiger partial charge is 0.268 e. The van der Waals surface area contributed by atoms with Crippen LogP contribution >= 0.6 is 7.82 Å². The van der Waals surface area contributed by atoms with E-state index in [9.17, 15) is 65.3 Å². The van der Waals surface area contributed by atoms with Gasteiger partial charge in [0.15, 0.2) is 6.29 Å². The van der Waals surface area contributed by atoms with Gasteiger partial charge in [-0.2, -0.15) is 0 Å². The third kappa shape index (κ3) is 28.5. The third-order valence-corrected chi connectivity index (χ3v) is 15.8. The molecular weight excluding hydrogens is 966 g/mol. The van der Waals surface area contributed by atoms with Gasteiger partial charge in [0.25, 0.3) is 7.82 Å². The van der Waals surface area contributed by atoms with Crippen LogP contribution in [0.2, 0.25) is 0 Å². The highest BCUT2D eigenvalue weighted by Crippen LogP contribution is 2.44. The van der Waals surface area contributed by atoms with Gasteiger partial charge in [-0.3, -0.25) is 9.36 Å². The monoisotopic (exact) mass is 1070 g/mol. The van der Waals surface area contributed by atoms with Gasteiger partial charge in [0.1, 0.15) is 67.1 Å². The topological polar surface area (TPSA) is 308 Å². The summed E-state index contributed by atoms with van der Waals surface area (Å²) < 4.78 is 34.5. The van der Waals surface area contributed by atoms with Gasteiger partial charge in [-0.1, -0.05) is 219 Å². The second-order valence-electron chi connectivity index (χ2n) is 21.3. The number of ether oxygens (including phenoxy) is 2. The van der Waals surface area contributed by atoms with Gasteiger partial charge < -0.3 is 79.8 Å². The Hall–Kier alpha value is -0.900. The van der Waals surface area contributed by atoms with Crippen LogP contribution in [0.1, 0.15) is 239 Å². The molecule has 18 nitrogen and oxygen atoms in total. The number of aliphatic hydroxyl groups is 10. The van der Waals surface area contributed by atoms with Crippen LogP contribution in [0.25, 0.3) is 0 Å². The fourth-order valence-electron chi connectivity index (χ4n) is 10.0. The number of hydrogen-bond acceptors (Lipinski definition) is 17. The van der Waals surface area contributed by atoms with Crippen LogP contribution in [-0.2, 0) is 27.9 Å². The summed E-state index contributed by atoms with van der Waals surface area (Å²) in [7, 11) is -5.66. The van der Waals surface area contributed by atoms with E-state index in [0.29, 0.717) is 12.8 Å². The minimum Gasteiger partial charge on any atom is -0.756 e. The Morgan fingerprint density at radius 2 is 0.904 bits per heavy atom. The van der Waals surface area contributed by atoms with Gasteiger partial charge in [-0.25, -0.2) is 0 Å². The van der Waals surface area contributed by atoms with Crippen molar-refractivity contribution < 1.29 is 83.8 Å². The first kappa shape index (κ1) is 68.2. The number of carbonyl (C=O) groups is 1. The number of aliphatic hydroxyl groups excluding tert-OH is 10. The molecule has 2 rings (SSSR count). The van der Waals surface area contributed by atoms with Crippen molar-refractivity contribution >= 4 is 13.7 Å². The lowest BCUT2D eigenvalue weighted by atomic mass is 9.84. The molecule has 1 heterocycles. The highest BCUT2D eigenvalue weighted by atomic mass is 31.2. The highest BCUT2D eigenvalue weighted by molar-refractivity contribution is 7.45. The number of amides is 1. The molecule has 2 aliphatic rings. The Balaban J connectivity index is 1.89. The predicted molar refractivity (Wildman–Crippen MR) is 278 cm³/mol. The van der Waals surface area contributed by atoms with Crippen LogP contribution < -0.4 is 10.2 Å². The second kappa shape index (κ2) is 41.2. The van der Waals surface area contributed by atoms with E-state index in [1.165, 1.54) is 148 Å². The molecule has 73 heavy (non-hydrogen) atoms. The van der Waals surface area contributed by atoms with Crippen LogP contribution in [-0.4, -0.2) is 156 Å². The summed E-state index contributed by atoms with van der Waals surface area (Å²) in [6, 6.07) is -1.45. The van der Waals surface area contributed by atoms with Gasteiger partial charge in [-0.15, -0.1) is 0 Å². The Kier molecular flexibility index (Phi) is 38.5. The third-order valence-electron chi connectivity index (χ3n) is 14.9. The zero-order valence-electron chi connectivity index (χ0n) is 45.0. The molecule has 11 N–H and O–H groups in total. The van der Waals surface area contributed by atoms with Crippen LogP contribution in [0, 0.1) is 0 Å². The molecule has 2 fully saturated rings. The summed E-state index contributed by atoms with van der Waals surface area (Å²) in [5.74, 6) is -0.499. The van der Waals surface area contributed by atoms with E-state index in [0.717, 1.165) is 51.4 Å². The lowest BCUT2D eigenvalue weighted by Crippen LogP contribution is -2.67. The number of nitrogens with one attached hydrogen (secondary N) is 1. The quantitative estimate of drug-likeness (QED) is 0.0232. The molecule has 0 aromatic heterocycles. The normalized spacial score (nSPS) is 27.7. The SMILES string of the molecule is CCCCCCCCCCCCCCCCCCCCCCCC(=O)N[C@@H](COP(=O)([O-])O[C@@H]1[C@H](O)[C@H](O)[C@@H](O)[C@H](O)[C@H]1O[C@@H]1O[C@H](CO)[C@@H](O)[C@H](O)[C@@H]1O)[C@H](O)C(O)CCCCCCCCCCCCCC. The number of rotatable bonds is 46. The Morgan fingerprint density at radius 3 is 1.32 bits per heavy atom. The van der Waals surface area contributed by atoms with Gasteiger partial charge >= 0.3 is 0 Å². The van der Waals surface area contributed by atoms with Crippen molar-refractivity contribution in [3.05, 3.63) is 0 Å². The van der Waals surface area contributed by atoms with E-state index in [1.807, 2.05) is 0 Å². The molecule has 0 spiro atoms. The molecule has 434 valence electrons. The summed E-state index contributed by atoms with van der Waals surface area (Å²) in [5, 5.41) is 108. The Bertz CT molecular complexity index is 1390. The Labute approximate surface area is 439 Å². The van der Waals surface area contributed by atoms with E-state index in [2.05, 4.69) is 19.2 Å². The maximum absolute atomic E-state index is 13.4. The van der Waals surface area contributed by atoms with Crippen molar-refractivity contribution in [3.63, 3.8) is 0 Å². The van der Waals surface area contributed by atoms with Crippen molar-refractivity contribution in [2.75, 3.05) is 13.2 Å². The molecular formula is C54H105NO17P-. The summed E-state index contributed by atoms with van der Waals surface area (Å²) in [5.41, 5.74) is 0. The fraction of sp³-hybridized carbons (Fsp3) is 0.981. The minimum atomic E-state index is -5.66. The molecule has 19 heteroatoms. The average molecular weight is 1070 g/mol. The van der Waals surface area contributed by atoms with Crippen molar-refractivity contribution in [2.24, 2.45) is 0 Å². The molecule has 1 saturated heterocycles. The van der Waals surface area contributed by atoms with Gasteiger partial charge in [0.05, 0.1) is 25.4 Å². The standard InChI is InChI=1S/C54H106NO17P/c1-3-5-7-9-11-13-15-17-18-19-20-21-22-23-24-25-27-29-31-33-35-37-43(58)55-40(44(59)41(57)36-34-32-30-28-26-16-14-12-10-8-6-4-2)39-69-73(67,68)72-53-50(65)48(63)47(62)49(64)52(53)71-54-51(66)46(61)45(60)42(38-56)70-54/h40-42,44-54,56-57,59-66H,3-39H2,1-2H3,(H,55,58)(H,67,68)/p-1/t40-,41?,42+,44-,45+,46-,47+,48+,49-,50+,51-,52+,53+,54-/m0/s1. The zero-order chi connectivity index (χ0) is 53.9. The predicted octanol–water partition coefficient (Wildman–Crippen LogP) is 6.40. The second-order valence-corrected chi connectivity index (χ2v) is 22.7. The Morgan fingerprint density at radius 1 is 0.534 bits per heavy atom. The maximum atomic E-state index is 13.4. The molecule has 0 radical (unpaired) electrons. The summed E-state index contributed by atoms with van der Waals surface area (Å²) in [6.07, 6.45) is 13.8. The lowest BCUT2D eigenvalue weighted by molar-refractivity contribution is -0.341. The molecule has 0 aromatic rings. The lowest BCUT2D eigenvalue weighted by Gasteiger charge is -2.47. The molecule has 1 saturated carbocycles. The number of carbonyl (C=O) groups excluding carboxylic acids is 1. The van der Waals surface area contributed by atoms with Crippen molar-refractivity contribution in [2.45, 2.75) is 324 Å². The van der Waals surface area contributed by atoms with E-state index in [4.69, 9.17) is 18.5 Å². The summed E-state index contributed by atoms with van der Waals surface area (Å²) >= 11 is 0. The fourth-order valence-corrected chi connectivity index (χ4v) is 10.9. The first-order valence-corrected chi connectivity index (χ1v) is 30.5. The van der Waals surface area contributed by atoms with Gasteiger partial charge in [-0.05, 0) is 12.8 Å². The largest absolute Gasteiger partial charge is 0.756 e. The van der Waals surface area contributed by atoms with Crippen LogP contribution in [0.3, 0.4) is 0 Å². The van der Waals surface area contributed by atoms with Crippen molar-refractivity contribution in [3.8, 4) is 0 Å². The zero-order valence-corrected chi connectivity index (χ0v) is 45.9. The average Bonchev–Trinajstić information content (AvgIpc) is 3.37. The number of phosphoric ester groups is 1. The number of phosphoric acid groups is 1. The number of hydrogen-bond donors (Lipinski definition) is 11. The minimum absolute atomic E-state index is 0.0754. The molecule has 2 unspecified atom stereocenters. The van der Waals surface area contributed by atoms with Crippen molar-refractivity contribution in [1.29, 1.82) is 0 Å². The molecule has 1 aliphatic heterocycles. The van der Waals surface area contributed by atoms with Gasteiger partial charge in [0.2, 0.25) is 5.91 Å². The highest BCUT2D eigenvalue weighted by Gasteiger charge is 2.54.